The third-order valence-electron chi connectivity index (χ3n) is 5.44. The van der Waals surface area contributed by atoms with Gasteiger partial charge in [-0.1, -0.05) is 53.5 Å². The average molecular weight is 560 g/mol. The van der Waals surface area contributed by atoms with Crippen molar-refractivity contribution in [2.75, 3.05) is 12.4 Å². The second-order valence-electron chi connectivity index (χ2n) is 7.86. The van der Waals surface area contributed by atoms with Crippen LogP contribution in [0.4, 0.5) is 17.1 Å². The Kier molecular flexibility index (Phi) is 7.37. The quantitative estimate of drug-likeness (QED) is 0.170. The predicted octanol–water partition coefficient (Wildman–Crippen LogP) is 7.08. The van der Waals surface area contributed by atoms with Crippen LogP contribution in [0.3, 0.4) is 0 Å². The first-order valence-corrected chi connectivity index (χ1v) is 12.8. The van der Waals surface area contributed by atoms with E-state index in [1.54, 1.807) is 36.4 Å². The molecule has 0 spiro atoms. The number of anilines is 1. The average Bonchev–Trinajstić information content (AvgIpc) is 2.84. The first kappa shape index (κ1) is 26.4. The van der Waals surface area contributed by atoms with Crippen molar-refractivity contribution in [2.45, 2.75) is 11.8 Å². The fraction of sp³-hybridized carbons (Fsp3) is 0.0800. The maximum absolute atomic E-state index is 13.1. The van der Waals surface area contributed by atoms with Crippen LogP contribution in [0.2, 0.25) is 10.0 Å². The van der Waals surface area contributed by atoms with Gasteiger partial charge in [0.15, 0.2) is 5.75 Å². The number of nitrogens with one attached hydrogen (secondary N) is 1. The first-order chi connectivity index (χ1) is 17.5. The molecule has 4 rings (SSSR count). The molecule has 0 fully saturated rings. The van der Waals surface area contributed by atoms with Crippen LogP contribution < -0.4 is 10.1 Å². The molecule has 0 aliphatic rings. The number of carbonyl (C=O) groups excluding carboxylic acids is 1. The number of nitrogens with zero attached hydrogens (tertiary/aromatic N) is 2. The van der Waals surface area contributed by atoms with Crippen molar-refractivity contribution in [1.29, 1.82) is 0 Å². The van der Waals surface area contributed by atoms with E-state index in [0.29, 0.717) is 22.2 Å². The summed E-state index contributed by atoms with van der Waals surface area (Å²) >= 11 is 12.3. The van der Waals surface area contributed by atoms with E-state index < -0.39 is 26.7 Å². The summed E-state index contributed by atoms with van der Waals surface area (Å²) in [5, 5.41) is 22.9. The van der Waals surface area contributed by atoms with E-state index in [2.05, 4.69) is 15.5 Å². The van der Waals surface area contributed by atoms with Gasteiger partial charge < -0.3 is 15.2 Å². The third kappa shape index (κ3) is 5.37. The smallest absolute Gasteiger partial charge is 0.297 e. The summed E-state index contributed by atoms with van der Waals surface area (Å²) in [4.78, 5) is 12.6. The summed E-state index contributed by atoms with van der Waals surface area (Å²) in [7, 11) is -3.23. The molecule has 9 nitrogen and oxygen atoms in total. The molecule has 4 aromatic rings. The summed E-state index contributed by atoms with van der Waals surface area (Å²) in [6.07, 6.45) is 0. The third-order valence-corrected chi connectivity index (χ3v) is 7.07. The number of phenols is 1. The molecule has 0 bridgehead atoms. The van der Waals surface area contributed by atoms with Gasteiger partial charge in [-0.15, -0.1) is 10.2 Å². The summed E-state index contributed by atoms with van der Waals surface area (Å²) in [5.41, 5.74) is 0.0206. The molecule has 1 amide bonds. The van der Waals surface area contributed by atoms with Crippen molar-refractivity contribution in [2.24, 2.45) is 10.2 Å². The molecule has 12 heteroatoms. The van der Waals surface area contributed by atoms with Crippen molar-refractivity contribution in [1.82, 2.24) is 0 Å². The Labute approximate surface area is 222 Å². The summed E-state index contributed by atoms with van der Waals surface area (Å²) in [5.74, 6) is -0.736. The zero-order valence-corrected chi connectivity index (χ0v) is 21.7. The Bertz CT molecular complexity index is 1690. The SMILES string of the molecule is COc1ccc(NC(=O)c2cc3ccccc3c(N=Nc3c(Cl)ccc(C)c3S(=O)(=O)O)c2O)cc1Cl. The van der Waals surface area contributed by atoms with Gasteiger partial charge >= 0.3 is 0 Å². The van der Waals surface area contributed by atoms with Crippen molar-refractivity contribution in [3.63, 3.8) is 0 Å². The first-order valence-electron chi connectivity index (χ1n) is 10.6. The van der Waals surface area contributed by atoms with E-state index in [1.165, 1.54) is 38.3 Å². The van der Waals surface area contributed by atoms with Crippen molar-refractivity contribution in [3.05, 3.63) is 81.8 Å². The lowest BCUT2D eigenvalue weighted by molar-refractivity contribution is 0.102. The lowest BCUT2D eigenvalue weighted by Gasteiger charge is -2.12. The monoisotopic (exact) mass is 559 g/mol. The molecular formula is C25H19Cl2N3O6S. The zero-order valence-electron chi connectivity index (χ0n) is 19.4. The predicted molar refractivity (Wildman–Crippen MR) is 142 cm³/mol. The maximum Gasteiger partial charge on any atom is 0.297 e. The Hall–Kier alpha value is -3.70. The number of ether oxygens (including phenoxy) is 1. The number of methoxy groups -OCH3 is 1. The summed E-state index contributed by atoms with van der Waals surface area (Å²) < 4.78 is 38.8. The standard InChI is InChI=1S/C25H19Cl2N3O6S/c1-13-7-9-18(26)22(24(13)37(33,34)35)30-29-21-16-6-4-3-5-14(16)11-17(23(21)31)25(32)28-15-8-10-20(36-2)19(27)12-15/h3-12,31H,1-2H3,(H,28,32)(H,33,34,35). The highest BCUT2D eigenvalue weighted by atomic mass is 35.5. The molecule has 0 saturated heterocycles. The van der Waals surface area contributed by atoms with Gasteiger partial charge in [-0.3, -0.25) is 9.35 Å². The molecule has 3 N–H and O–H groups in total. The minimum Gasteiger partial charge on any atom is -0.505 e. The van der Waals surface area contributed by atoms with E-state index in [1.807, 2.05) is 0 Å². The second-order valence-corrected chi connectivity index (χ2v) is 10.0. The number of hydrogen-bond donors (Lipinski definition) is 3. The molecule has 0 radical (unpaired) electrons. The number of carbonyl (C=O) groups is 1. The fourth-order valence-corrected chi connectivity index (χ4v) is 5.08. The number of rotatable bonds is 6. The lowest BCUT2D eigenvalue weighted by Crippen LogP contribution is -2.12. The van der Waals surface area contributed by atoms with Gasteiger partial charge in [0.2, 0.25) is 0 Å². The Balaban J connectivity index is 1.83. The number of phenolic OH excluding ortho intramolecular Hbond substituents is 1. The van der Waals surface area contributed by atoms with Gasteiger partial charge in [-0.25, -0.2) is 0 Å². The number of aromatic hydroxyl groups is 1. The van der Waals surface area contributed by atoms with Gasteiger partial charge in [0.05, 0.1) is 22.7 Å². The maximum atomic E-state index is 13.1. The van der Waals surface area contributed by atoms with Crippen LogP contribution in [0.15, 0.2) is 75.8 Å². The van der Waals surface area contributed by atoms with Crippen molar-refractivity contribution < 1.29 is 27.6 Å². The molecule has 190 valence electrons. The minimum atomic E-state index is -4.69. The Morgan fingerprint density at radius 3 is 2.35 bits per heavy atom. The molecule has 0 heterocycles. The highest BCUT2D eigenvalue weighted by molar-refractivity contribution is 7.86. The highest BCUT2D eigenvalue weighted by Crippen LogP contribution is 2.42. The van der Waals surface area contributed by atoms with Crippen molar-refractivity contribution >= 4 is 67.1 Å². The van der Waals surface area contributed by atoms with Crippen LogP contribution in [-0.4, -0.2) is 31.1 Å². The van der Waals surface area contributed by atoms with Crippen LogP contribution in [0.1, 0.15) is 15.9 Å². The van der Waals surface area contributed by atoms with Crippen molar-refractivity contribution in [3.8, 4) is 11.5 Å². The minimum absolute atomic E-state index is 0.0870. The molecule has 0 atom stereocenters. The number of halogens is 2. The lowest BCUT2D eigenvalue weighted by atomic mass is 10.0. The van der Waals surface area contributed by atoms with Gasteiger partial charge in [-0.2, -0.15) is 8.42 Å². The number of aryl methyl sites for hydroxylation is 1. The van der Waals surface area contributed by atoms with Gasteiger partial charge in [0.25, 0.3) is 16.0 Å². The highest BCUT2D eigenvalue weighted by Gasteiger charge is 2.23. The Morgan fingerprint density at radius 2 is 1.68 bits per heavy atom. The van der Waals surface area contributed by atoms with Crippen LogP contribution in [-0.2, 0) is 10.1 Å². The van der Waals surface area contributed by atoms with Crippen LogP contribution in [0, 0.1) is 6.92 Å². The van der Waals surface area contributed by atoms with Crippen LogP contribution in [0.25, 0.3) is 10.8 Å². The summed E-state index contributed by atoms with van der Waals surface area (Å²) in [6, 6.07) is 15.7. The molecule has 0 aromatic heterocycles. The van der Waals surface area contributed by atoms with E-state index in [0.717, 1.165) is 0 Å². The van der Waals surface area contributed by atoms with E-state index in [4.69, 9.17) is 27.9 Å². The van der Waals surface area contributed by atoms with E-state index >= 15 is 0 Å². The number of azo groups is 1. The largest absolute Gasteiger partial charge is 0.505 e. The number of hydrogen-bond acceptors (Lipinski definition) is 7. The normalized spacial score (nSPS) is 11.7. The van der Waals surface area contributed by atoms with Gasteiger partial charge in [0, 0.05) is 11.1 Å². The van der Waals surface area contributed by atoms with Gasteiger partial charge in [-0.05, 0) is 48.2 Å². The number of benzene rings is 4. The van der Waals surface area contributed by atoms with E-state index in [9.17, 15) is 22.9 Å². The molecule has 0 aliphatic heterocycles. The molecule has 4 aromatic carbocycles. The second kappa shape index (κ2) is 10.3. The summed E-state index contributed by atoms with van der Waals surface area (Å²) in [6.45, 7) is 1.46. The fourth-order valence-electron chi connectivity index (χ4n) is 3.70. The molecule has 0 unspecified atom stereocenters. The molecule has 37 heavy (non-hydrogen) atoms. The van der Waals surface area contributed by atoms with Crippen LogP contribution in [0.5, 0.6) is 11.5 Å². The van der Waals surface area contributed by atoms with E-state index in [-0.39, 0.29) is 32.5 Å². The van der Waals surface area contributed by atoms with Crippen LogP contribution >= 0.6 is 23.2 Å². The number of fused-ring (bicyclic) bond motifs is 1. The Morgan fingerprint density at radius 1 is 0.973 bits per heavy atom. The molecular weight excluding hydrogens is 541 g/mol. The molecule has 0 aliphatic carbocycles. The number of amides is 1. The topological polar surface area (TPSA) is 138 Å². The zero-order chi connectivity index (χ0) is 26.9. The van der Waals surface area contributed by atoms with Gasteiger partial charge in [0.1, 0.15) is 22.0 Å². The molecule has 0 saturated carbocycles.